The highest BCUT2D eigenvalue weighted by atomic mass is 19.4. The van der Waals surface area contributed by atoms with E-state index >= 15 is 4.39 Å². The molecule has 2 aliphatic rings. The number of aromatic amines is 1. The molecule has 3 aromatic rings. The maximum atomic E-state index is 15.2. The first-order valence-corrected chi connectivity index (χ1v) is 14.0. The van der Waals surface area contributed by atoms with Crippen LogP contribution in [0.5, 0.6) is 0 Å². The maximum absolute atomic E-state index is 15.2. The van der Waals surface area contributed by atoms with E-state index in [1.807, 2.05) is 13.0 Å². The zero-order valence-corrected chi connectivity index (χ0v) is 23.2. The Labute approximate surface area is 239 Å². The number of rotatable bonds is 11. The average molecular weight is 590 g/mol. The zero-order valence-electron chi connectivity index (χ0n) is 23.2. The van der Waals surface area contributed by atoms with Gasteiger partial charge < -0.3 is 10.4 Å². The molecule has 224 valence electrons. The highest BCUT2D eigenvalue weighted by Crippen LogP contribution is 2.51. The van der Waals surface area contributed by atoms with Crippen LogP contribution in [0.3, 0.4) is 0 Å². The van der Waals surface area contributed by atoms with E-state index in [9.17, 15) is 27.9 Å². The van der Waals surface area contributed by atoms with Gasteiger partial charge in [0.25, 0.3) is 17.7 Å². The number of nitrogens with one attached hydrogen (secondary N) is 3. The van der Waals surface area contributed by atoms with Crippen molar-refractivity contribution in [3.8, 4) is 11.1 Å². The molecule has 42 heavy (non-hydrogen) atoms. The molecule has 4 N–H and O–H groups in total. The van der Waals surface area contributed by atoms with E-state index in [-0.39, 0.29) is 35.8 Å². The number of aromatic nitrogens is 4. The van der Waals surface area contributed by atoms with Crippen molar-refractivity contribution < 1.29 is 37.2 Å². The minimum atomic E-state index is -4.79. The minimum absolute atomic E-state index is 0.0309. The van der Waals surface area contributed by atoms with Gasteiger partial charge in [-0.25, -0.2) is 15.1 Å². The summed E-state index contributed by atoms with van der Waals surface area (Å²) in [6.45, 7) is 3.28. The standard InChI is InChI=1S/C29H32F4N6O3/c1-15-13-20(16(2)34-14-15)19-7-8-23(36-26(19)30)37-28(42)25(24(17-3-4-17)18-5-6-18)38-27(41)21-9-11-35-39(21)12-10-22(40)29(31,32)33/h7-9,11,13-14,17-18,22,24-25,40H,3-6,10,12H2,1-2H3,(H,38,41)(H,36,37,42)/p+1/t22?,25-/m0/s1. The number of aliphatic hydroxyl groups excluding tert-OH is 1. The quantitative estimate of drug-likeness (QED) is 0.231. The van der Waals surface area contributed by atoms with E-state index in [4.69, 9.17) is 0 Å². The number of H-pyrrole nitrogens is 1. The Morgan fingerprint density at radius 3 is 2.43 bits per heavy atom. The van der Waals surface area contributed by atoms with Crippen molar-refractivity contribution in [2.45, 2.75) is 70.8 Å². The lowest BCUT2D eigenvalue weighted by atomic mass is 9.88. The van der Waals surface area contributed by atoms with Gasteiger partial charge in [0, 0.05) is 42.7 Å². The van der Waals surface area contributed by atoms with E-state index < -0.39 is 42.5 Å². The van der Waals surface area contributed by atoms with Crippen LogP contribution in [0.2, 0.25) is 0 Å². The number of hydrogen-bond acceptors (Lipinski definition) is 5. The molecule has 2 amide bonds. The van der Waals surface area contributed by atoms with Gasteiger partial charge in [0.2, 0.25) is 0 Å². The Bertz CT molecular complexity index is 1460. The largest absolute Gasteiger partial charge is 0.414 e. The lowest BCUT2D eigenvalue weighted by Crippen LogP contribution is -2.50. The molecular formula is C29H33F4N6O3+. The third-order valence-electron chi connectivity index (χ3n) is 7.90. The molecule has 2 fully saturated rings. The third-order valence-corrected chi connectivity index (χ3v) is 7.90. The number of carbonyl (C=O) groups excluding carboxylic acids is 2. The molecule has 2 saturated carbocycles. The fourth-order valence-corrected chi connectivity index (χ4v) is 5.42. The molecule has 1 unspecified atom stereocenters. The normalized spacial score (nSPS) is 16.8. The average Bonchev–Trinajstić information content (AvgIpc) is 3.87. The van der Waals surface area contributed by atoms with E-state index in [0.29, 0.717) is 16.8 Å². The van der Waals surface area contributed by atoms with Crippen molar-refractivity contribution >= 4 is 17.6 Å². The number of pyridine rings is 2. The molecule has 9 nitrogen and oxygen atoms in total. The summed E-state index contributed by atoms with van der Waals surface area (Å²) >= 11 is 0. The van der Waals surface area contributed by atoms with Gasteiger partial charge >= 0.3 is 12.1 Å². The number of aliphatic hydroxyl groups is 1. The van der Waals surface area contributed by atoms with Crippen molar-refractivity contribution in [2.75, 3.05) is 5.32 Å². The van der Waals surface area contributed by atoms with Gasteiger partial charge in [-0.2, -0.15) is 22.7 Å². The van der Waals surface area contributed by atoms with Crippen LogP contribution in [-0.4, -0.2) is 50.0 Å². The van der Waals surface area contributed by atoms with Crippen LogP contribution in [-0.2, 0) is 11.3 Å². The maximum Gasteiger partial charge on any atom is 0.414 e. The molecule has 3 heterocycles. The first-order valence-electron chi connectivity index (χ1n) is 14.0. The molecule has 2 atom stereocenters. The van der Waals surface area contributed by atoms with Gasteiger partial charge in [-0.1, -0.05) is 0 Å². The molecule has 5 rings (SSSR count). The molecule has 0 aromatic carbocycles. The second-order valence-corrected chi connectivity index (χ2v) is 11.2. The second-order valence-electron chi connectivity index (χ2n) is 11.2. The number of alkyl halides is 3. The fraction of sp³-hybridized carbons (Fsp3) is 0.483. The molecule has 0 saturated heterocycles. The van der Waals surface area contributed by atoms with E-state index in [1.54, 1.807) is 25.3 Å². The summed E-state index contributed by atoms with van der Waals surface area (Å²) in [5.74, 6) is -1.39. The summed E-state index contributed by atoms with van der Waals surface area (Å²) in [4.78, 5) is 33.8. The Morgan fingerprint density at radius 1 is 1.12 bits per heavy atom. The molecule has 0 bridgehead atoms. The number of hydrogen-bond donors (Lipinski definition) is 3. The van der Waals surface area contributed by atoms with Crippen LogP contribution < -0.4 is 15.6 Å². The van der Waals surface area contributed by atoms with Crippen molar-refractivity contribution in [3.05, 3.63) is 59.6 Å². The first kappa shape index (κ1) is 29.6. The predicted octanol–water partition coefficient (Wildman–Crippen LogP) is 4.00. The number of aryl methyl sites for hydroxylation is 3. The molecule has 0 radical (unpaired) electrons. The summed E-state index contributed by atoms with van der Waals surface area (Å²) in [6, 6.07) is 5.30. The first-order chi connectivity index (χ1) is 19.9. The number of carbonyl (C=O) groups is 2. The van der Waals surface area contributed by atoms with Crippen LogP contribution in [0.15, 0.2) is 36.7 Å². The van der Waals surface area contributed by atoms with Gasteiger partial charge in [0.15, 0.2) is 6.10 Å². The van der Waals surface area contributed by atoms with E-state index in [0.717, 1.165) is 35.9 Å². The topological polar surface area (TPSA) is 123 Å². The number of halogens is 4. The second kappa shape index (κ2) is 11.8. The summed E-state index contributed by atoms with van der Waals surface area (Å²) in [5, 5.41) is 18.8. The lowest BCUT2D eigenvalue weighted by molar-refractivity contribution is -0.404. The van der Waals surface area contributed by atoms with Gasteiger partial charge in [-0.3, -0.25) is 14.5 Å². The van der Waals surface area contributed by atoms with Crippen LogP contribution >= 0.6 is 0 Å². The highest BCUT2D eigenvalue weighted by Gasteiger charge is 2.49. The fourth-order valence-electron chi connectivity index (χ4n) is 5.42. The SMILES string of the molecule is Cc1cnc(C)c(-c2ccc(NC(=O)[C@@H](NC(=O)c3ccnn3CCC(O)C(F)(F)F)C(C3CC3)C3CC3)[nH+]c2F)c1. The number of amides is 2. The Kier molecular flexibility index (Phi) is 8.31. The molecule has 0 aliphatic heterocycles. The van der Waals surface area contributed by atoms with Crippen LogP contribution in [0.1, 0.15) is 53.8 Å². The monoisotopic (exact) mass is 589 g/mol. The van der Waals surface area contributed by atoms with Gasteiger partial charge in [-0.05, 0) is 81.0 Å². The Morgan fingerprint density at radius 2 is 1.81 bits per heavy atom. The third kappa shape index (κ3) is 6.77. The smallest absolute Gasteiger partial charge is 0.384 e. The van der Waals surface area contributed by atoms with Gasteiger partial charge in [-0.15, -0.1) is 0 Å². The molecule has 3 aromatic heterocycles. The minimum Gasteiger partial charge on any atom is -0.384 e. The summed E-state index contributed by atoms with van der Waals surface area (Å²) in [7, 11) is 0. The number of nitrogens with zero attached hydrogens (tertiary/aromatic N) is 3. The van der Waals surface area contributed by atoms with Crippen molar-refractivity contribution in [1.29, 1.82) is 0 Å². The number of anilines is 1. The molecular weight excluding hydrogens is 556 g/mol. The van der Waals surface area contributed by atoms with Crippen LogP contribution in [0, 0.1) is 37.5 Å². The van der Waals surface area contributed by atoms with E-state index in [2.05, 4.69) is 25.7 Å². The predicted molar refractivity (Wildman–Crippen MR) is 143 cm³/mol. The van der Waals surface area contributed by atoms with Gasteiger partial charge in [0.05, 0.1) is 5.56 Å². The van der Waals surface area contributed by atoms with Gasteiger partial charge in [0.1, 0.15) is 11.7 Å². The molecule has 2 aliphatic carbocycles. The zero-order chi connectivity index (χ0) is 30.2. The Hall–Kier alpha value is -3.87. The van der Waals surface area contributed by atoms with Crippen molar-refractivity contribution in [2.24, 2.45) is 17.8 Å². The Balaban J connectivity index is 1.34. The summed E-state index contributed by atoms with van der Waals surface area (Å²) < 4.78 is 54.5. The molecule has 0 spiro atoms. The molecule has 13 heteroatoms. The highest BCUT2D eigenvalue weighted by molar-refractivity contribution is 6.00. The summed E-state index contributed by atoms with van der Waals surface area (Å²) in [6.07, 6.45) is -1.36. The summed E-state index contributed by atoms with van der Waals surface area (Å²) in [5.41, 5.74) is 2.40. The van der Waals surface area contributed by atoms with Crippen LogP contribution in [0.4, 0.5) is 23.4 Å². The lowest BCUT2D eigenvalue weighted by Gasteiger charge is -2.25. The van der Waals surface area contributed by atoms with E-state index in [1.165, 1.54) is 12.3 Å². The van der Waals surface area contributed by atoms with Crippen molar-refractivity contribution in [1.82, 2.24) is 20.1 Å². The van der Waals surface area contributed by atoms with Crippen LogP contribution in [0.25, 0.3) is 11.1 Å². The van der Waals surface area contributed by atoms with Crippen molar-refractivity contribution in [3.63, 3.8) is 0 Å².